The molecule has 0 spiro atoms. The maximum Gasteiger partial charge on any atom is 0.262 e. The molecule has 1 fully saturated rings. The van der Waals surface area contributed by atoms with Gasteiger partial charge in [0.25, 0.3) is 5.56 Å². The lowest BCUT2D eigenvalue weighted by atomic mass is 10.2. The van der Waals surface area contributed by atoms with Gasteiger partial charge in [0.05, 0.1) is 17.2 Å². The third-order valence-electron chi connectivity index (χ3n) is 3.74. The summed E-state index contributed by atoms with van der Waals surface area (Å²) in [6.07, 6.45) is 2.19. The Bertz CT molecular complexity index is 778. The van der Waals surface area contributed by atoms with E-state index in [0.717, 1.165) is 29.2 Å². The molecular weight excluding hydrogens is 334 g/mol. The minimum absolute atomic E-state index is 0.0674. The molecule has 0 saturated carbocycles. The van der Waals surface area contributed by atoms with Gasteiger partial charge in [-0.25, -0.2) is 4.98 Å². The van der Waals surface area contributed by atoms with Crippen LogP contribution in [0.25, 0.3) is 10.2 Å². The highest BCUT2D eigenvalue weighted by atomic mass is 32.2. The van der Waals surface area contributed by atoms with Crippen molar-refractivity contribution in [3.63, 3.8) is 0 Å². The van der Waals surface area contributed by atoms with Gasteiger partial charge in [0, 0.05) is 25.1 Å². The lowest BCUT2D eigenvalue weighted by Gasteiger charge is -2.11. The molecule has 0 bridgehead atoms. The first-order valence-electron chi connectivity index (χ1n) is 7.53. The van der Waals surface area contributed by atoms with Crippen molar-refractivity contribution in [1.82, 2.24) is 14.9 Å². The van der Waals surface area contributed by atoms with Gasteiger partial charge >= 0.3 is 0 Å². The van der Waals surface area contributed by atoms with E-state index in [1.54, 1.807) is 7.05 Å². The van der Waals surface area contributed by atoms with E-state index in [9.17, 15) is 9.59 Å². The highest BCUT2D eigenvalue weighted by molar-refractivity contribution is 7.99. The number of fused-ring (bicyclic) bond motifs is 1. The van der Waals surface area contributed by atoms with E-state index in [1.165, 1.54) is 27.7 Å². The van der Waals surface area contributed by atoms with E-state index < -0.39 is 0 Å². The number of hydrogen-bond acceptors (Lipinski definition) is 6. The quantitative estimate of drug-likeness (QED) is 0.654. The van der Waals surface area contributed by atoms with Gasteiger partial charge in [-0.15, -0.1) is 11.3 Å². The first kappa shape index (κ1) is 16.5. The molecule has 6 nitrogen and oxygen atoms in total. The number of rotatable bonds is 5. The third-order valence-corrected chi connectivity index (χ3v) is 5.71. The number of aromatic nitrogens is 2. The van der Waals surface area contributed by atoms with Gasteiger partial charge in [-0.05, 0) is 25.8 Å². The minimum Gasteiger partial charge on any atom is -0.376 e. The molecule has 1 atom stereocenters. The second-order valence-electron chi connectivity index (χ2n) is 5.56. The van der Waals surface area contributed by atoms with Crippen molar-refractivity contribution in [3.8, 4) is 0 Å². The Kier molecular flexibility index (Phi) is 5.03. The molecule has 1 aliphatic heterocycles. The Morgan fingerprint density at radius 3 is 3.17 bits per heavy atom. The Morgan fingerprint density at radius 2 is 2.43 bits per heavy atom. The summed E-state index contributed by atoms with van der Waals surface area (Å²) in [4.78, 5) is 30.5. The van der Waals surface area contributed by atoms with Crippen molar-refractivity contribution >= 4 is 39.2 Å². The van der Waals surface area contributed by atoms with Crippen LogP contribution in [0.1, 0.15) is 17.7 Å². The summed E-state index contributed by atoms with van der Waals surface area (Å²) < 4.78 is 6.98. The van der Waals surface area contributed by atoms with E-state index in [4.69, 9.17) is 4.74 Å². The van der Waals surface area contributed by atoms with Crippen LogP contribution in [0.4, 0.5) is 0 Å². The van der Waals surface area contributed by atoms with E-state index in [0.29, 0.717) is 17.1 Å². The standard InChI is InChI=1S/C15H19N3O3S2/c1-9-6-11-13(23-9)17-15(18(2)14(11)20)22-8-12(19)16-7-10-4-3-5-21-10/h6,10H,3-5,7-8H2,1-2H3,(H,16,19)/t10-/m1/s1. The Morgan fingerprint density at radius 1 is 1.61 bits per heavy atom. The van der Waals surface area contributed by atoms with Crippen LogP contribution in [0.15, 0.2) is 16.0 Å². The van der Waals surface area contributed by atoms with Crippen LogP contribution in [0.2, 0.25) is 0 Å². The average Bonchev–Trinajstić information content (AvgIpc) is 3.16. The zero-order chi connectivity index (χ0) is 16.4. The molecule has 0 radical (unpaired) electrons. The average molecular weight is 353 g/mol. The number of nitrogens with one attached hydrogen (secondary N) is 1. The summed E-state index contributed by atoms with van der Waals surface area (Å²) in [5, 5.41) is 4.08. The monoisotopic (exact) mass is 353 g/mol. The topological polar surface area (TPSA) is 73.2 Å². The summed E-state index contributed by atoms with van der Waals surface area (Å²) >= 11 is 2.78. The van der Waals surface area contributed by atoms with Gasteiger partial charge in [-0.3, -0.25) is 14.2 Å². The van der Waals surface area contributed by atoms with Crippen LogP contribution in [-0.2, 0) is 16.6 Å². The lowest BCUT2D eigenvalue weighted by Crippen LogP contribution is -2.33. The Hall–Kier alpha value is -1.38. The molecule has 0 unspecified atom stereocenters. The van der Waals surface area contributed by atoms with Crippen LogP contribution in [0.5, 0.6) is 0 Å². The van der Waals surface area contributed by atoms with Crippen molar-refractivity contribution in [1.29, 1.82) is 0 Å². The summed E-state index contributed by atoms with van der Waals surface area (Å²) in [6, 6.07) is 1.86. The summed E-state index contributed by atoms with van der Waals surface area (Å²) in [5.74, 6) is 0.172. The molecule has 3 heterocycles. The zero-order valence-electron chi connectivity index (χ0n) is 13.1. The molecule has 23 heavy (non-hydrogen) atoms. The van der Waals surface area contributed by atoms with Gasteiger partial charge in [0.15, 0.2) is 5.16 Å². The molecule has 8 heteroatoms. The maximum absolute atomic E-state index is 12.3. The predicted molar refractivity (Wildman–Crippen MR) is 92.3 cm³/mol. The van der Waals surface area contributed by atoms with Crippen LogP contribution in [-0.4, -0.2) is 40.5 Å². The fourth-order valence-corrected chi connectivity index (χ4v) is 4.23. The minimum atomic E-state index is -0.0680. The smallest absolute Gasteiger partial charge is 0.262 e. The van der Waals surface area contributed by atoms with Crippen molar-refractivity contribution in [2.75, 3.05) is 18.9 Å². The molecule has 124 valence electrons. The lowest BCUT2D eigenvalue weighted by molar-refractivity contribution is -0.119. The van der Waals surface area contributed by atoms with E-state index >= 15 is 0 Å². The number of amides is 1. The fourth-order valence-electron chi connectivity index (χ4n) is 2.51. The van der Waals surface area contributed by atoms with Crippen LogP contribution in [0.3, 0.4) is 0 Å². The number of nitrogens with zero attached hydrogens (tertiary/aromatic N) is 2. The SMILES string of the molecule is Cc1cc2c(=O)n(C)c(SCC(=O)NC[C@H]3CCCO3)nc2s1. The molecule has 0 aliphatic carbocycles. The summed E-state index contributed by atoms with van der Waals surface area (Å²) in [7, 11) is 1.69. The molecular formula is C15H19N3O3S2. The number of carbonyl (C=O) groups is 1. The van der Waals surface area contributed by atoms with Crippen LogP contribution in [0, 0.1) is 6.92 Å². The first-order valence-corrected chi connectivity index (χ1v) is 9.33. The van der Waals surface area contributed by atoms with Crippen molar-refractivity contribution in [2.24, 2.45) is 7.05 Å². The molecule has 1 N–H and O–H groups in total. The number of carbonyl (C=O) groups excluding carboxylic acids is 1. The Balaban J connectivity index is 1.63. The first-order chi connectivity index (χ1) is 11.0. The van der Waals surface area contributed by atoms with Crippen molar-refractivity contribution in [2.45, 2.75) is 31.0 Å². The van der Waals surface area contributed by atoms with Crippen molar-refractivity contribution < 1.29 is 9.53 Å². The molecule has 2 aromatic heterocycles. The van der Waals surface area contributed by atoms with Crippen LogP contribution < -0.4 is 10.9 Å². The van der Waals surface area contributed by atoms with Gasteiger partial charge in [-0.2, -0.15) is 0 Å². The third kappa shape index (κ3) is 3.76. The summed E-state index contributed by atoms with van der Waals surface area (Å²) in [6.45, 7) is 3.29. The van der Waals surface area contributed by atoms with Crippen molar-refractivity contribution in [3.05, 3.63) is 21.3 Å². The highest BCUT2D eigenvalue weighted by Crippen LogP contribution is 2.23. The molecule has 1 saturated heterocycles. The van der Waals surface area contributed by atoms with Gasteiger partial charge < -0.3 is 10.1 Å². The number of thioether (sulfide) groups is 1. The van der Waals surface area contributed by atoms with Gasteiger partial charge in [-0.1, -0.05) is 11.8 Å². The zero-order valence-corrected chi connectivity index (χ0v) is 14.8. The van der Waals surface area contributed by atoms with E-state index in [1.807, 2.05) is 13.0 Å². The normalized spacial score (nSPS) is 17.7. The Labute approximate surface area is 142 Å². The molecule has 0 aromatic carbocycles. The molecule has 1 amide bonds. The molecule has 2 aromatic rings. The number of ether oxygens (including phenoxy) is 1. The van der Waals surface area contributed by atoms with Gasteiger partial charge in [0.1, 0.15) is 4.83 Å². The fraction of sp³-hybridized carbons (Fsp3) is 0.533. The van der Waals surface area contributed by atoms with Crippen LogP contribution >= 0.6 is 23.1 Å². The predicted octanol–water partition coefficient (Wildman–Crippen LogP) is 1.69. The largest absolute Gasteiger partial charge is 0.376 e. The summed E-state index contributed by atoms with van der Waals surface area (Å²) in [5.41, 5.74) is -0.0680. The second-order valence-corrected chi connectivity index (χ2v) is 7.74. The number of hydrogen-bond donors (Lipinski definition) is 1. The maximum atomic E-state index is 12.3. The molecule has 3 rings (SSSR count). The number of thiophene rings is 1. The molecule has 1 aliphatic rings. The van der Waals surface area contributed by atoms with Gasteiger partial charge in [0.2, 0.25) is 5.91 Å². The highest BCUT2D eigenvalue weighted by Gasteiger charge is 2.17. The number of aryl methyl sites for hydroxylation is 1. The van der Waals surface area contributed by atoms with E-state index in [-0.39, 0.29) is 23.3 Å². The second kappa shape index (κ2) is 7.02. The van der Waals surface area contributed by atoms with E-state index in [2.05, 4.69) is 10.3 Å².